The summed E-state index contributed by atoms with van der Waals surface area (Å²) in [5.74, 6) is 0. The molecular formula is H5Cl3O2. The first-order valence-corrected chi connectivity index (χ1v) is 0.200. The van der Waals surface area contributed by atoms with E-state index in [2.05, 4.69) is 0 Å². The molecule has 0 aliphatic carbocycles. The molecule has 0 amide bonds. The Kier molecular flexibility index (Phi) is 914. The summed E-state index contributed by atoms with van der Waals surface area (Å²) in [6.45, 7) is 0. The molecule has 0 saturated carbocycles. The molecule has 0 aliphatic rings. The van der Waals surface area contributed by atoms with Gasteiger partial charge in [0.15, 0.2) is 0 Å². The Morgan fingerprint density at radius 3 is 0.600 bits per heavy atom. The Bertz CT molecular complexity index is 4.85. The Morgan fingerprint density at radius 1 is 0.600 bits per heavy atom. The van der Waals surface area contributed by atoms with E-state index in [1.165, 1.54) is 0 Å². The Hall–Kier alpha value is 0.790. The zero-order valence-electron chi connectivity index (χ0n) is 2.12. The third-order valence-electron chi connectivity index (χ3n) is 0. The molecule has 0 fully saturated rings. The highest BCUT2D eigenvalue weighted by molar-refractivity contribution is 5.86. The zero-order valence-corrected chi connectivity index (χ0v) is 4.57. The summed E-state index contributed by atoms with van der Waals surface area (Å²) >= 11 is 0. The van der Waals surface area contributed by atoms with E-state index in [1.807, 2.05) is 0 Å². The molecule has 0 spiro atoms. The minimum atomic E-state index is 0. The van der Waals surface area contributed by atoms with Crippen molar-refractivity contribution in [3.8, 4) is 0 Å². The van der Waals surface area contributed by atoms with Crippen LogP contribution in [-0.4, -0.2) is 10.5 Å². The molecule has 0 aliphatic heterocycles. The van der Waals surface area contributed by atoms with E-state index < -0.39 is 0 Å². The van der Waals surface area contributed by atoms with Gasteiger partial charge in [0.25, 0.3) is 0 Å². The summed E-state index contributed by atoms with van der Waals surface area (Å²) in [6, 6.07) is 0. The molecule has 2 nitrogen and oxygen atoms in total. The van der Waals surface area contributed by atoms with Crippen LogP contribution in [0.4, 0.5) is 0 Å². The minimum Gasteiger partial charge on any atom is -0.255 e. The summed E-state index contributed by atoms with van der Waals surface area (Å²) in [6.07, 6.45) is 0. The number of rotatable bonds is 0. The molecule has 0 rings (SSSR count). The van der Waals surface area contributed by atoms with Gasteiger partial charge >= 0.3 is 0 Å². The van der Waals surface area contributed by atoms with E-state index in [0.29, 0.717) is 0 Å². The molecule has 2 N–H and O–H groups in total. The lowest BCUT2D eigenvalue weighted by Crippen LogP contribution is -1.29. The van der Waals surface area contributed by atoms with Gasteiger partial charge in [0, 0.05) is 0 Å². The fraction of sp³-hybridized carbons (Fsp3) is 0. The predicted octanol–water partition coefficient (Wildman–Crippen LogP) is 1.28. The molecule has 38 valence electrons. The average Bonchev–Trinajstić information content (AvgIpc) is 1.00. The highest BCUT2D eigenvalue weighted by atomic mass is 35.5. The molecule has 0 bridgehead atoms. The van der Waals surface area contributed by atoms with Crippen LogP contribution in [0.1, 0.15) is 0 Å². The molecule has 0 saturated heterocycles. The van der Waals surface area contributed by atoms with Crippen LogP contribution >= 0.6 is 37.2 Å². The molecular weight excluding hydrogens is 138 g/mol. The van der Waals surface area contributed by atoms with Gasteiger partial charge in [-0.15, -0.1) is 37.2 Å². The lowest BCUT2D eigenvalue weighted by Gasteiger charge is -1.25. The van der Waals surface area contributed by atoms with Crippen molar-refractivity contribution in [1.29, 1.82) is 0 Å². The highest BCUT2D eigenvalue weighted by Crippen LogP contribution is 0.711. The summed E-state index contributed by atoms with van der Waals surface area (Å²) in [5, 5.41) is 12.0. The highest BCUT2D eigenvalue weighted by Gasteiger charge is 0.745. The van der Waals surface area contributed by atoms with Crippen molar-refractivity contribution in [2.24, 2.45) is 0 Å². The maximum Gasteiger partial charge on any atom is -0.147 e. The molecule has 0 unspecified atom stereocenters. The van der Waals surface area contributed by atoms with E-state index in [9.17, 15) is 0 Å². The summed E-state index contributed by atoms with van der Waals surface area (Å²) < 4.78 is 0. The van der Waals surface area contributed by atoms with Crippen molar-refractivity contribution < 1.29 is 10.5 Å². The van der Waals surface area contributed by atoms with E-state index in [0.717, 1.165) is 0 Å². The van der Waals surface area contributed by atoms with Gasteiger partial charge in [-0.1, -0.05) is 0 Å². The molecule has 0 atom stereocenters. The first kappa shape index (κ1) is 41.5. The third-order valence-corrected chi connectivity index (χ3v) is 0. The lowest BCUT2D eigenvalue weighted by molar-refractivity contribution is -0.176. The molecule has 0 radical (unpaired) electrons. The van der Waals surface area contributed by atoms with Crippen LogP contribution < -0.4 is 0 Å². The largest absolute Gasteiger partial charge is 0.255 e. The van der Waals surface area contributed by atoms with Crippen LogP contribution in [0.5, 0.6) is 0 Å². The minimum absolute atomic E-state index is 0. The van der Waals surface area contributed by atoms with E-state index in [1.54, 1.807) is 0 Å². The van der Waals surface area contributed by atoms with Crippen molar-refractivity contribution in [3.05, 3.63) is 0 Å². The van der Waals surface area contributed by atoms with E-state index in [4.69, 9.17) is 10.5 Å². The van der Waals surface area contributed by atoms with Gasteiger partial charge < -0.3 is 0 Å². The number of halogens is 3. The first-order chi connectivity index (χ1) is 1.00. The molecule has 0 heterocycles. The standard InChI is InChI=1S/3ClH.H2O2/c;;;1-2/h3*1H;1-2H. The van der Waals surface area contributed by atoms with E-state index in [-0.39, 0.29) is 37.2 Å². The number of hydrogen-bond donors (Lipinski definition) is 2. The van der Waals surface area contributed by atoms with Gasteiger partial charge in [-0.2, -0.15) is 0 Å². The van der Waals surface area contributed by atoms with Crippen LogP contribution in [0.2, 0.25) is 0 Å². The van der Waals surface area contributed by atoms with Gasteiger partial charge in [-0.3, -0.25) is 10.5 Å². The topological polar surface area (TPSA) is 40.5 Å². The van der Waals surface area contributed by atoms with Gasteiger partial charge in [0.2, 0.25) is 0 Å². The molecule has 5 heteroatoms. The molecule has 0 aromatic heterocycles. The Labute approximate surface area is 48.4 Å². The normalized spacial score (nSPS) is 1.20. The van der Waals surface area contributed by atoms with Crippen LogP contribution in [0, 0.1) is 0 Å². The smallest absolute Gasteiger partial charge is 0.147 e. The van der Waals surface area contributed by atoms with E-state index >= 15 is 0 Å². The molecule has 0 aromatic carbocycles. The summed E-state index contributed by atoms with van der Waals surface area (Å²) in [5.41, 5.74) is 0. The van der Waals surface area contributed by atoms with Crippen LogP contribution in [0.25, 0.3) is 0 Å². The second-order valence-electron chi connectivity index (χ2n) is 0. The van der Waals surface area contributed by atoms with Gasteiger partial charge in [0.05, 0.1) is 0 Å². The van der Waals surface area contributed by atoms with Gasteiger partial charge in [-0.25, -0.2) is 0 Å². The van der Waals surface area contributed by atoms with Crippen LogP contribution in [-0.2, 0) is 0 Å². The van der Waals surface area contributed by atoms with Crippen LogP contribution in [0.15, 0.2) is 0 Å². The number of hydrogen-bond acceptors (Lipinski definition) is 2. The zero-order chi connectivity index (χ0) is 2.00. The molecule has 5 heavy (non-hydrogen) atoms. The van der Waals surface area contributed by atoms with Crippen molar-refractivity contribution in [1.82, 2.24) is 0 Å². The lowest BCUT2D eigenvalue weighted by atomic mass is 15.0. The van der Waals surface area contributed by atoms with Crippen molar-refractivity contribution in [2.45, 2.75) is 0 Å². The SMILES string of the molecule is Cl.Cl.Cl.OO. The van der Waals surface area contributed by atoms with Crippen molar-refractivity contribution in [2.75, 3.05) is 0 Å². The van der Waals surface area contributed by atoms with Gasteiger partial charge in [0.1, 0.15) is 0 Å². The average molecular weight is 143 g/mol. The Balaban J connectivity index is -0.00000000167. The predicted molar refractivity (Wildman–Crippen MR) is 27.0 cm³/mol. The Morgan fingerprint density at radius 2 is 0.600 bits per heavy atom. The monoisotopic (exact) mass is 142 g/mol. The first-order valence-electron chi connectivity index (χ1n) is 0.200. The van der Waals surface area contributed by atoms with Crippen molar-refractivity contribution in [3.63, 3.8) is 0 Å². The summed E-state index contributed by atoms with van der Waals surface area (Å²) in [4.78, 5) is 0. The van der Waals surface area contributed by atoms with Gasteiger partial charge in [-0.05, 0) is 0 Å². The fourth-order valence-electron chi connectivity index (χ4n) is 0. The summed E-state index contributed by atoms with van der Waals surface area (Å²) in [7, 11) is 0. The van der Waals surface area contributed by atoms with Crippen LogP contribution in [0.3, 0.4) is 0 Å². The van der Waals surface area contributed by atoms with Crippen molar-refractivity contribution >= 4 is 37.2 Å². The maximum atomic E-state index is 6.00. The second-order valence-corrected chi connectivity index (χ2v) is 0. The second kappa shape index (κ2) is 110. The third kappa shape index (κ3) is 59.7. The maximum absolute atomic E-state index is 6.00. The fourth-order valence-corrected chi connectivity index (χ4v) is 0. The molecule has 0 aromatic rings. The quantitative estimate of drug-likeness (QED) is 0.396.